The molecule has 1 atom stereocenters. The predicted octanol–water partition coefficient (Wildman–Crippen LogP) is 3.66. The van der Waals surface area contributed by atoms with Crippen molar-refractivity contribution < 1.29 is 9.90 Å². The number of aromatic amines is 2. The summed E-state index contributed by atoms with van der Waals surface area (Å²) in [4.78, 5) is 24.2. The van der Waals surface area contributed by atoms with Gasteiger partial charge in [-0.2, -0.15) is 0 Å². The van der Waals surface area contributed by atoms with Crippen molar-refractivity contribution in [3.8, 4) is 5.88 Å². The number of aromatic nitrogens is 3. The lowest BCUT2D eigenvalue weighted by molar-refractivity contribution is 0.0666. The molecule has 3 heterocycles. The fourth-order valence-corrected chi connectivity index (χ4v) is 3.74. The summed E-state index contributed by atoms with van der Waals surface area (Å²) in [5, 5.41) is 11.3. The molecule has 6 nitrogen and oxygen atoms in total. The quantitative estimate of drug-likeness (QED) is 0.615. The van der Waals surface area contributed by atoms with E-state index in [1.807, 2.05) is 13.0 Å². The van der Waals surface area contributed by atoms with Gasteiger partial charge in [0.15, 0.2) is 5.82 Å². The second-order valence-corrected chi connectivity index (χ2v) is 6.63. The van der Waals surface area contributed by atoms with E-state index in [9.17, 15) is 9.90 Å². The molecule has 0 saturated carbocycles. The lowest BCUT2D eigenvalue weighted by Crippen LogP contribution is -2.39. The molecule has 1 aliphatic rings. The molecule has 0 spiro atoms. The van der Waals surface area contributed by atoms with Gasteiger partial charge >= 0.3 is 0 Å². The van der Waals surface area contributed by atoms with Crippen LogP contribution in [-0.4, -0.2) is 37.4 Å². The number of hydrogen-bond donors (Lipinski definition) is 3. The zero-order valence-electron chi connectivity index (χ0n) is 12.7. The van der Waals surface area contributed by atoms with Crippen molar-refractivity contribution in [2.45, 2.75) is 19.4 Å². The smallest absolute Gasteiger partial charge is 0.290 e. The first kappa shape index (κ1) is 15.4. The molecular weight excluding hydrogens is 351 g/mol. The number of aromatic hydroxyl groups is 1. The number of imidazole rings is 1. The standard InChI is InChI=1S/C16H14Cl2N4O2/c1-7-12-8-2-3-9(17)13(18)14(8)20-10(12)4-5-22(7)16(24)15-19-6-11(23)21-15/h2-3,6-7,20,23H,4-5H2,1H3,(H,19,21)/t7-/m1/s1. The SMILES string of the molecule is C[C@@H]1c2c([nH]c3c(Cl)c(Cl)ccc23)CCN1C(=O)c1ncc(O)[nH]1. The molecule has 3 N–H and O–H groups in total. The average molecular weight is 365 g/mol. The Morgan fingerprint density at radius 1 is 1.38 bits per heavy atom. The minimum Gasteiger partial charge on any atom is -0.493 e. The molecule has 0 fully saturated rings. The fourth-order valence-electron chi connectivity index (χ4n) is 3.37. The maximum atomic E-state index is 12.7. The first-order valence-electron chi connectivity index (χ1n) is 7.50. The Hall–Kier alpha value is -2.18. The van der Waals surface area contributed by atoms with Crippen molar-refractivity contribution in [1.82, 2.24) is 19.9 Å². The monoisotopic (exact) mass is 364 g/mol. The number of halogens is 2. The third kappa shape index (κ3) is 2.17. The topological polar surface area (TPSA) is 85.0 Å². The van der Waals surface area contributed by atoms with Gasteiger partial charge in [-0.1, -0.05) is 29.3 Å². The summed E-state index contributed by atoms with van der Waals surface area (Å²) < 4.78 is 0. The number of nitrogens with one attached hydrogen (secondary N) is 2. The van der Waals surface area contributed by atoms with Gasteiger partial charge in [0, 0.05) is 29.6 Å². The molecule has 1 aliphatic heterocycles. The van der Waals surface area contributed by atoms with Crippen molar-refractivity contribution in [1.29, 1.82) is 0 Å². The molecule has 2 aromatic heterocycles. The summed E-state index contributed by atoms with van der Waals surface area (Å²) >= 11 is 12.4. The number of carbonyl (C=O) groups excluding carboxylic acids is 1. The molecule has 3 aromatic rings. The molecular formula is C16H14Cl2N4O2. The van der Waals surface area contributed by atoms with Gasteiger partial charge < -0.3 is 20.0 Å². The minimum atomic E-state index is -0.247. The van der Waals surface area contributed by atoms with Crippen LogP contribution in [-0.2, 0) is 6.42 Å². The van der Waals surface area contributed by atoms with Crippen LogP contribution in [0.2, 0.25) is 10.0 Å². The highest BCUT2D eigenvalue weighted by molar-refractivity contribution is 6.45. The Labute approximate surface area is 147 Å². The fraction of sp³-hybridized carbons (Fsp3) is 0.250. The van der Waals surface area contributed by atoms with E-state index in [2.05, 4.69) is 15.0 Å². The highest BCUT2D eigenvalue weighted by atomic mass is 35.5. The van der Waals surface area contributed by atoms with Crippen LogP contribution in [0.15, 0.2) is 18.3 Å². The van der Waals surface area contributed by atoms with Crippen molar-refractivity contribution in [2.75, 3.05) is 6.54 Å². The van der Waals surface area contributed by atoms with Gasteiger partial charge in [-0.05, 0) is 13.0 Å². The molecule has 0 unspecified atom stereocenters. The number of H-pyrrole nitrogens is 2. The van der Waals surface area contributed by atoms with Gasteiger partial charge in [-0.15, -0.1) is 0 Å². The molecule has 1 amide bonds. The van der Waals surface area contributed by atoms with Crippen LogP contribution in [0, 0.1) is 0 Å². The summed E-state index contributed by atoms with van der Waals surface area (Å²) in [7, 11) is 0. The third-order valence-electron chi connectivity index (χ3n) is 4.50. The predicted molar refractivity (Wildman–Crippen MR) is 91.7 cm³/mol. The summed E-state index contributed by atoms with van der Waals surface area (Å²) in [6, 6.07) is 3.53. The second kappa shape index (κ2) is 5.43. The molecule has 0 bridgehead atoms. The number of rotatable bonds is 1. The minimum absolute atomic E-state index is 0.128. The maximum absolute atomic E-state index is 12.7. The van der Waals surface area contributed by atoms with Crippen LogP contribution in [0.5, 0.6) is 5.88 Å². The third-order valence-corrected chi connectivity index (χ3v) is 5.30. The molecule has 8 heteroatoms. The highest BCUT2D eigenvalue weighted by Crippen LogP contribution is 2.40. The van der Waals surface area contributed by atoms with E-state index in [0.717, 1.165) is 22.2 Å². The molecule has 0 saturated heterocycles. The van der Waals surface area contributed by atoms with Crippen molar-refractivity contribution >= 4 is 40.0 Å². The van der Waals surface area contributed by atoms with E-state index < -0.39 is 0 Å². The first-order valence-corrected chi connectivity index (χ1v) is 8.26. The van der Waals surface area contributed by atoms with Gasteiger partial charge in [0.25, 0.3) is 5.91 Å². The molecule has 4 rings (SSSR count). The van der Waals surface area contributed by atoms with Crippen LogP contribution in [0.3, 0.4) is 0 Å². The number of benzene rings is 1. The van der Waals surface area contributed by atoms with Crippen molar-refractivity contribution in [3.05, 3.63) is 45.5 Å². The average Bonchev–Trinajstić information content (AvgIpc) is 3.15. The Bertz CT molecular complexity index is 963. The molecule has 0 aliphatic carbocycles. The van der Waals surface area contributed by atoms with E-state index in [-0.39, 0.29) is 23.7 Å². The number of hydrogen-bond acceptors (Lipinski definition) is 3. The van der Waals surface area contributed by atoms with Crippen LogP contribution < -0.4 is 0 Å². The number of fused-ring (bicyclic) bond motifs is 3. The van der Waals surface area contributed by atoms with E-state index >= 15 is 0 Å². The lowest BCUT2D eigenvalue weighted by atomic mass is 9.97. The number of carbonyl (C=O) groups is 1. The highest BCUT2D eigenvalue weighted by Gasteiger charge is 2.32. The van der Waals surface area contributed by atoms with Gasteiger partial charge in [-0.25, -0.2) is 4.98 Å². The zero-order valence-corrected chi connectivity index (χ0v) is 14.2. The van der Waals surface area contributed by atoms with Crippen LogP contribution in [0.4, 0.5) is 0 Å². The summed E-state index contributed by atoms with van der Waals surface area (Å²) in [6.45, 7) is 2.51. The van der Waals surface area contributed by atoms with E-state index in [0.29, 0.717) is 23.0 Å². The summed E-state index contributed by atoms with van der Waals surface area (Å²) in [5.74, 6) is -0.246. The lowest BCUT2D eigenvalue weighted by Gasteiger charge is -2.33. The van der Waals surface area contributed by atoms with E-state index in [1.54, 1.807) is 11.0 Å². The van der Waals surface area contributed by atoms with Crippen molar-refractivity contribution in [3.63, 3.8) is 0 Å². The van der Waals surface area contributed by atoms with Gasteiger partial charge in [0.05, 0.1) is 27.8 Å². The molecule has 24 heavy (non-hydrogen) atoms. The maximum Gasteiger partial charge on any atom is 0.290 e. The summed E-state index contributed by atoms with van der Waals surface area (Å²) in [5.41, 5.74) is 2.90. The molecule has 124 valence electrons. The Morgan fingerprint density at radius 2 is 2.17 bits per heavy atom. The van der Waals surface area contributed by atoms with Crippen LogP contribution in [0.1, 0.15) is 34.8 Å². The van der Waals surface area contributed by atoms with Crippen LogP contribution >= 0.6 is 23.2 Å². The Kier molecular flexibility index (Phi) is 3.47. The molecule has 1 aromatic carbocycles. The van der Waals surface area contributed by atoms with Gasteiger partial charge in [-0.3, -0.25) is 4.79 Å². The van der Waals surface area contributed by atoms with Gasteiger partial charge in [0.1, 0.15) is 0 Å². The normalized spacial score (nSPS) is 17.3. The Balaban J connectivity index is 1.78. The second-order valence-electron chi connectivity index (χ2n) is 5.84. The van der Waals surface area contributed by atoms with E-state index in [4.69, 9.17) is 23.2 Å². The Morgan fingerprint density at radius 3 is 2.88 bits per heavy atom. The van der Waals surface area contributed by atoms with Gasteiger partial charge in [0.2, 0.25) is 5.88 Å². The summed E-state index contributed by atoms with van der Waals surface area (Å²) in [6.07, 6.45) is 1.90. The van der Waals surface area contributed by atoms with E-state index in [1.165, 1.54) is 6.20 Å². The zero-order chi connectivity index (χ0) is 17.0. The van der Waals surface area contributed by atoms with Crippen LogP contribution in [0.25, 0.3) is 10.9 Å². The molecule has 0 radical (unpaired) electrons. The van der Waals surface area contributed by atoms with Crippen molar-refractivity contribution in [2.24, 2.45) is 0 Å². The largest absolute Gasteiger partial charge is 0.493 e. The number of amides is 1. The number of nitrogens with zero attached hydrogens (tertiary/aromatic N) is 2. The first-order chi connectivity index (χ1) is 11.5.